The summed E-state index contributed by atoms with van der Waals surface area (Å²) in [4.78, 5) is 15.5. The van der Waals surface area contributed by atoms with Crippen LogP contribution in [0.2, 0.25) is 5.02 Å². The van der Waals surface area contributed by atoms with Crippen LogP contribution in [-0.4, -0.2) is 37.6 Å². The maximum absolute atomic E-state index is 12.1. The molecule has 5 heteroatoms. The number of carbonyl (C=O) groups is 1. The summed E-state index contributed by atoms with van der Waals surface area (Å²) in [5, 5.41) is 0.632. The topological polar surface area (TPSA) is 49.6 Å². The molecule has 0 spiro atoms. The third kappa shape index (κ3) is 2.53. The monoisotopic (exact) mass is 253 g/mol. The van der Waals surface area contributed by atoms with Crippen molar-refractivity contribution in [1.82, 2.24) is 4.90 Å². The smallest absolute Gasteiger partial charge is 0.324 e. The van der Waals surface area contributed by atoms with Gasteiger partial charge in [-0.15, -0.1) is 0 Å². The van der Waals surface area contributed by atoms with Crippen molar-refractivity contribution in [3.63, 3.8) is 0 Å². The van der Waals surface area contributed by atoms with Gasteiger partial charge in [0.15, 0.2) is 0 Å². The van der Waals surface area contributed by atoms with Gasteiger partial charge in [0.1, 0.15) is 0 Å². The lowest BCUT2D eigenvalue weighted by Gasteiger charge is -2.38. The van der Waals surface area contributed by atoms with Crippen LogP contribution in [0.3, 0.4) is 0 Å². The highest BCUT2D eigenvalue weighted by atomic mass is 35.5. The van der Waals surface area contributed by atoms with Crippen LogP contribution in [0.25, 0.3) is 0 Å². The first kappa shape index (κ1) is 12.2. The summed E-state index contributed by atoms with van der Waals surface area (Å²) in [5.41, 5.74) is 6.52. The zero-order chi connectivity index (χ0) is 12.4. The molecule has 0 bridgehead atoms. The number of carbonyl (C=O) groups excluding carboxylic acids is 1. The van der Waals surface area contributed by atoms with E-state index in [1.165, 1.54) is 0 Å². The molecule has 0 radical (unpaired) electrons. The maximum Gasteiger partial charge on any atom is 0.324 e. The van der Waals surface area contributed by atoms with E-state index in [4.69, 9.17) is 17.3 Å². The number of rotatable bonds is 2. The fraction of sp³-hybridized carbons (Fsp3) is 0.417. The van der Waals surface area contributed by atoms with E-state index >= 15 is 0 Å². The first-order chi connectivity index (χ1) is 8.11. The lowest BCUT2D eigenvalue weighted by atomic mass is 10.1. The molecule has 1 aromatic carbocycles. The molecule has 1 aromatic rings. The number of amides is 2. The number of hydrogen-bond donors (Lipinski definition) is 1. The van der Waals surface area contributed by atoms with E-state index in [2.05, 4.69) is 0 Å². The molecular formula is C12H16ClN3O. The number of urea groups is 1. The van der Waals surface area contributed by atoms with Crippen molar-refractivity contribution >= 4 is 23.3 Å². The Labute approximate surface area is 106 Å². The molecule has 1 unspecified atom stereocenters. The quantitative estimate of drug-likeness (QED) is 0.874. The Morgan fingerprint density at radius 2 is 2.24 bits per heavy atom. The van der Waals surface area contributed by atoms with Crippen molar-refractivity contribution in [1.29, 1.82) is 0 Å². The number of hydrogen-bond acceptors (Lipinski definition) is 2. The van der Waals surface area contributed by atoms with Gasteiger partial charge in [0.05, 0.1) is 0 Å². The summed E-state index contributed by atoms with van der Waals surface area (Å²) in [7, 11) is 1.79. The third-order valence-corrected chi connectivity index (χ3v) is 3.22. The van der Waals surface area contributed by atoms with Crippen LogP contribution in [0.1, 0.15) is 0 Å². The Kier molecular flexibility index (Phi) is 3.54. The minimum atomic E-state index is -0.00281. The molecule has 2 N–H and O–H groups in total. The summed E-state index contributed by atoms with van der Waals surface area (Å²) in [5.74, 6) is 0.302. The van der Waals surface area contributed by atoms with Crippen LogP contribution in [-0.2, 0) is 0 Å². The second kappa shape index (κ2) is 4.94. The molecule has 0 aliphatic carbocycles. The number of nitrogens with two attached hydrogens (primary N) is 1. The molecule has 0 saturated carbocycles. The van der Waals surface area contributed by atoms with Gasteiger partial charge in [-0.05, 0) is 24.7 Å². The predicted molar refractivity (Wildman–Crippen MR) is 69.4 cm³/mol. The highest BCUT2D eigenvalue weighted by Gasteiger charge is 2.29. The van der Waals surface area contributed by atoms with Gasteiger partial charge in [-0.1, -0.05) is 17.7 Å². The van der Waals surface area contributed by atoms with Crippen molar-refractivity contribution in [2.24, 2.45) is 11.7 Å². The van der Waals surface area contributed by atoms with Crippen LogP contribution in [0.5, 0.6) is 0 Å². The van der Waals surface area contributed by atoms with Crippen molar-refractivity contribution in [3.8, 4) is 0 Å². The Hall–Kier alpha value is -1.26. The first-order valence-electron chi connectivity index (χ1n) is 5.60. The molecule has 1 saturated heterocycles. The molecule has 1 heterocycles. The van der Waals surface area contributed by atoms with E-state index in [1.807, 2.05) is 12.1 Å². The number of halogens is 1. The van der Waals surface area contributed by atoms with Crippen molar-refractivity contribution in [2.75, 3.05) is 31.6 Å². The molecule has 2 rings (SSSR count). The summed E-state index contributed by atoms with van der Waals surface area (Å²) in [6.07, 6.45) is 0. The van der Waals surface area contributed by atoms with E-state index in [9.17, 15) is 4.79 Å². The molecular weight excluding hydrogens is 238 g/mol. The van der Waals surface area contributed by atoms with Crippen molar-refractivity contribution in [2.45, 2.75) is 0 Å². The number of nitrogens with zero attached hydrogens (tertiary/aromatic N) is 2. The van der Waals surface area contributed by atoms with Gasteiger partial charge < -0.3 is 10.6 Å². The Bertz CT molecular complexity index is 424. The summed E-state index contributed by atoms with van der Waals surface area (Å²) in [6, 6.07) is 7.32. The van der Waals surface area contributed by atoms with E-state index in [1.54, 1.807) is 29.0 Å². The Morgan fingerprint density at radius 3 is 2.88 bits per heavy atom. The van der Waals surface area contributed by atoms with Crippen LogP contribution < -0.4 is 10.6 Å². The van der Waals surface area contributed by atoms with E-state index < -0.39 is 0 Å². The Balaban J connectivity index is 2.26. The van der Waals surface area contributed by atoms with Crippen LogP contribution in [0.15, 0.2) is 24.3 Å². The lowest BCUT2D eigenvalue weighted by molar-refractivity contribution is 0.194. The third-order valence-electron chi connectivity index (χ3n) is 2.98. The summed E-state index contributed by atoms with van der Waals surface area (Å²) in [6.45, 7) is 1.95. The summed E-state index contributed by atoms with van der Waals surface area (Å²) < 4.78 is 0. The van der Waals surface area contributed by atoms with Crippen LogP contribution in [0.4, 0.5) is 10.5 Å². The maximum atomic E-state index is 12.1. The zero-order valence-corrected chi connectivity index (χ0v) is 10.5. The Morgan fingerprint density at radius 1 is 1.47 bits per heavy atom. The molecule has 0 aromatic heterocycles. The van der Waals surface area contributed by atoms with Crippen LogP contribution >= 0.6 is 11.6 Å². The minimum Gasteiger partial charge on any atom is -0.330 e. The number of anilines is 1. The van der Waals surface area contributed by atoms with Gasteiger partial charge >= 0.3 is 6.03 Å². The molecule has 2 amide bonds. The fourth-order valence-electron chi connectivity index (χ4n) is 2.07. The van der Waals surface area contributed by atoms with Crippen LogP contribution in [0, 0.1) is 5.92 Å². The summed E-state index contributed by atoms with van der Waals surface area (Å²) >= 11 is 5.94. The second-order valence-electron chi connectivity index (χ2n) is 4.36. The van der Waals surface area contributed by atoms with Crippen molar-refractivity contribution < 1.29 is 4.79 Å². The SMILES string of the molecule is CN1CC(CN)CN(c2cccc(Cl)c2)C1=O. The molecule has 17 heavy (non-hydrogen) atoms. The predicted octanol–water partition coefficient (Wildman–Crippen LogP) is 1.79. The first-order valence-corrected chi connectivity index (χ1v) is 5.98. The zero-order valence-electron chi connectivity index (χ0n) is 9.77. The average molecular weight is 254 g/mol. The molecule has 4 nitrogen and oxygen atoms in total. The van der Waals surface area contributed by atoms with Gasteiger partial charge in [0.25, 0.3) is 0 Å². The second-order valence-corrected chi connectivity index (χ2v) is 4.79. The molecule has 1 aliphatic heterocycles. The molecule has 1 atom stereocenters. The number of benzene rings is 1. The normalized spacial score (nSPS) is 20.9. The highest BCUT2D eigenvalue weighted by molar-refractivity contribution is 6.30. The van der Waals surface area contributed by atoms with E-state index in [0.29, 0.717) is 30.6 Å². The van der Waals surface area contributed by atoms with E-state index in [0.717, 1.165) is 5.69 Å². The van der Waals surface area contributed by atoms with Gasteiger partial charge in [-0.25, -0.2) is 4.79 Å². The largest absolute Gasteiger partial charge is 0.330 e. The highest BCUT2D eigenvalue weighted by Crippen LogP contribution is 2.24. The van der Waals surface area contributed by atoms with Gasteiger partial charge in [-0.3, -0.25) is 4.90 Å². The molecule has 92 valence electrons. The van der Waals surface area contributed by atoms with Crippen molar-refractivity contribution in [3.05, 3.63) is 29.3 Å². The fourth-order valence-corrected chi connectivity index (χ4v) is 2.26. The molecule has 1 aliphatic rings. The van der Waals surface area contributed by atoms with Gasteiger partial charge in [0.2, 0.25) is 0 Å². The van der Waals surface area contributed by atoms with Gasteiger partial charge in [0, 0.05) is 36.8 Å². The standard InChI is InChI=1S/C12H16ClN3O/c1-15-7-9(6-14)8-16(12(15)17)11-4-2-3-10(13)5-11/h2-5,9H,6-8,14H2,1H3. The average Bonchev–Trinajstić information content (AvgIpc) is 2.32. The minimum absolute atomic E-state index is 0.00281. The lowest BCUT2D eigenvalue weighted by Crippen LogP contribution is -2.53. The van der Waals surface area contributed by atoms with Gasteiger partial charge in [-0.2, -0.15) is 0 Å². The van der Waals surface area contributed by atoms with E-state index in [-0.39, 0.29) is 6.03 Å². The molecule has 1 fully saturated rings.